The smallest absolute Gasteiger partial charge is 0.303 e. The average molecular weight is 296 g/mol. The third-order valence-corrected chi connectivity index (χ3v) is 4.32. The molecule has 2 rings (SSSR count). The molecule has 0 bridgehead atoms. The van der Waals surface area contributed by atoms with Gasteiger partial charge in [0.1, 0.15) is 0 Å². The summed E-state index contributed by atoms with van der Waals surface area (Å²) in [6.45, 7) is 0.454. The Labute approximate surface area is 122 Å². The topological polar surface area (TPSA) is 104 Å². The van der Waals surface area contributed by atoms with Crippen LogP contribution in [0.4, 0.5) is 0 Å². The molecule has 7 nitrogen and oxygen atoms in total. The number of likely N-dealkylation sites (tertiary alicyclic amines) is 1. The fourth-order valence-electron chi connectivity index (χ4n) is 2.87. The SMILES string of the molecule is O=C(O)CC1(CNC(=O)CCN2C(=O)CCC2=O)CCC1. The number of hydrogen-bond donors (Lipinski definition) is 2. The molecule has 0 spiro atoms. The number of nitrogens with one attached hydrogen (secondary N) is 1. The van der Waals surface area contributed by atoms with Crippen LogP contribution < -0.4 is 5.32 Å². The summed E-state index contributed by atoms with van der Waals surface area (Å²) in [5.41, 5.74) is -0.319. The average Bonchev–Trinajstić information content (AvgIpc) is 2.69. The van der Waals surface area contributed by atoms with E-state index < -0.39 is 5.97 Å². The van der Waals surface area contributed by atoms with Crippen LogP contribution in [-0.4, -0.2) is 46.8 Å². The third-order valence-electron chi connectivity index (χ3n) is 4.32. The number of carbonyl (C=O) groups is 4. The summed E-state index contributed by atoms with van der Waals surface area (Å²) in [5, 5.41) is 11.6. The molecule has 1 saturated heterocycles. The minimum absolute atomic E-state index is 0.0659. The van der Waals surface area contributed by atoms with Crippen LogP contribution in [0.15, 0.2) is 0 Å². The molecule has 0 radical (unpaired) electrons. The maximum absolute atomic E-state index is 11.8. The lowest BCUT2D eigenvalue weighted by atomic mass is 9.66. The van der Waals surface area contributed by atoms with Gasteiger partial charge in [0.25, 0.3) is 0 Å². The summed E-state index contributed by atoms with van der Waals surface area (Å²) in [4.78, 5) is 46.5. The van der Waals surface area contributed by atoms with Gasteiger partial charge in [-0.1, -0.05) is 6.42 Å². The Balaban J connectivity index is 1.73. The van der Waals surface area contributed by atoms with Crippen LogP contribution in [0.5, 0.6) is 0 Å². The highest BCUT2D eigenvalue weighted by atomic mass is 16.4. The minimum Gasteiger partial charge on any atom is -0.481 e. The summed E-state index contributed by atoms with van der Waals surface area (Å²) in [7, 11) is 0. The van der Waals surface area contributed by atoms with Gasteiger partial charge in [0.2, 0.25) is 17.7 Å². The van der Waals surface area contributed by atoms with E-state index in [0.717, 1.165) is 24.2 Å². The van der Waals surface area contributed by atoms with E-state index in [9.17, 15) is 19.2 Å². The van der Waals surface area contributed by atoms with E-state index in [-0.39, 0.29) is 55.4 Å². The summed E-state index contributed by atoms with van der Waals surface area (Å²) in [6, 6.07) is 0. The molecular formula is C14H20N2O5. The lowest BCUT2D eigenvalue weighted by molar-refractivity contribution is -0.142. The Morgan fingerprint density at radius 3 is 2.29 bits per heavy atom. The van der Waals surface area contributed by atoms with Crippen molar-refractivity contribution in [2.45, 2.75) is 44.9 Å². The van der Waals surface area contributed by atoms with Crippen molar-refractivity contribution in [2.24, 2.45) is 5.41 Å². The van der Waals surface area contributed by atoms with Gasteiger partial charge in [0.15, 0.2) is 0 Å². The highest BCUT2D eigenvalue weighted by molar-refractivity contribution is 6.02. The van der Waals surface area contributed by atoms with E-state index in [4.69, 9.17) is 5.11 Å². The molecule has 0 aromatic heterocycles. The number of amides is 3. The molecule has 116 valence electrons. The molecule has 1 saturated carbocycles. The van der Waals surface area contributed by atoms with E-state index in [1.807, 2.05) is 0 Å². The number of hydrogen-bond acceptors (Lipinski definition) is 4. The molecule has 1 aliphatic carbocycles. The van der Waals surface area contributed by atoms with Gasteiger partial charge in [-0.05, 0) is 18.3 Å². The molecule has 0 aromatic carbocycles. The molecule has 3 amide bonds. The van der Waals surface area contributed by atoms with Crippen molar-refractivity contribution in [3.05, 3.63) is 0 Å². The normalized spacial score (nSPS) is 20.3. The van der Waals surface area contributed by atoms with Gasteiger partial charge in [-0.2, -0.15) is 0 Å². The van der Waals surface area contributed by atoms with E-state index in [1.165, 1.54) is 0 Å². The summed E-state index contributed by atoms with van der Waals surface area (Å²) in [5.74, 6) is -1.56. The summed E-state index contributed by atoms with van der Waals surface area (Å²) >= 11 is 0. The first-order chi connectivity index (χ1) is 9.92. The zero-order valence-corrected chi connectivity index (χ0v) is 11.9. The Hall–Kier alpha value is -1.92. The standard InChI is InChI=1S/C14H20N2O5/c17-10(4-7-16-11(18)2-3-12(16)19)15-9-14(5-1-6-14)8-13(20)21/h1-9H2,(H,15,17)(H,20,21). The minimum atomic E-state index is -0.850. The second-order valence-electron chi connectivity index (χ2n) is 5.89. The van der Waals surface area contributed by atoms with Gasteiger partial charge in [0.05, 0.1) is 6.42 Å². The van der Waals surface area contributed by atoms with Gasteiger partial charge >= 0.3 is 5.97 Å². The van der Waals surface area contributed by atoms with Crippen LogP contribution >= 0.6 is 0 Å². The lowest BCUT2D eigenvalue weighted by Gasteiger charge is -2.40. The van der Waals surface area contributed by atoms with Crippen LogP contribution in [0.2, 0.25) is 0 Å². The highest BCUT2D eigenvalue weighted by Gasteiger charge is 2.39. The van der Waals surface area contributed by atoms with Crippen molar-refractivity contribution >= 4 is 23.7 Å². The first-order valence-electron chi connectivity index (χ1n) is 7.24. The van der Waals surface area contributed by atoms with Gasteiger partial charge in [-0.25, -0.2) is 0 Å². The second kappa shape index (κ2) is 6.24. The number of aliphatic carboxylic acids is 1. The maximum atomic E-state index is 11.8. The summed E-state index contributed by atoms with van der Waals surface area (Å²) in [6.07, 6.45) is 3.19. The number of carbonyl (C=O) groups excluding carboxylic acids is 3. The first-order valence-corrected chi connectivity index (χ1v) is 7.24. The number of imide groups is 1. The van der Waals surface area contributed by atoms with Gasteiger partial charge in [-0.3, -0.25) is 24.1 Å². The van der Waals surface area contributed by atoms with Gasteiger partial charge < -0.3 is 10.4 Å². The zero-order chi connectivity index (χ0) is 15.5. The zero-order valence-electron chi connectivity index (χ0n) is 11.9. The molecule has 2 N–H and O–H groups in total. The summed E-state index contributed by atoms with van der Waals surface area (Å²) < 4.78 is 0. The maximum Gasteiger partial charge on any atom is 0.303 e. The van der Waals surface area contributed by atoms with Crippen molar-refractivity contribution in [1.29, 1.82) is 0 Å². The van der Waals surface area contributed by atoms with Crippen molar-refractivity contribution in [2.75, 3.05) is 13.1 Å². The Morgan fingerprint density at radius 1 is 1.19 bits per heavy atom. The molecule has 0 aromatic rings. The second-order valence-corrected chi connectivity index (χ2v) is 5.89. The van der Waals surface area contributed by atoms with Crippen molar-refractivity contribution in [3.63, 3.8) is 0 Å². The molecule has 21 heavy (non-hydrogen) atoms. The van der Waals surface area contributed by atoms with Crippen molar-refractivity contribution < 1.29 is 24.3 Å². The number of carboxylic acid groups (broad SMARTS) is 1. The van der Waals surface area contributed by atoms with Crippen LogP contribution in [0.3, 0.4) is 0 Å². The van der Waals surface area contributed by atoms with Gasteiger partial charge in [0, 0.05) is 32.4 Å². The van der Waals surface area contributed by atoms with E-state index >= 15 is 0 Å². The van der Waals surface area contributed by atoms with Crippen LogP contribution in [0, 0.1) is 5.41 Å². The monoisotopic (exact) mass is 296 g/mol. The molecule has 0 unspecified atom stereocenters. The number of carboxylic acids is 1. The fraction of sp³-hybridized carbons (Fsp3) is 0.714. The van der Waals surface area contributed by atoms with E-state index in [1.54, 1.807) is 0 Å². The molecule has 0 atom stereocenters. The van der Waals surface area contributed by atoms with E-state index in [2.05, 4.69) is 5.32 Å². The lowest BCUT2D eigenvalue weighted by Crippen LogP contribution is -2.44. The number of nitrogens with zero attached hydrogens (tertiary/aromatic N) is 1. The molecule has 1 aliphatic heterocycles. The van der Waals surface area contributed by atoms with Crippen LogP contribution in [0.25, 0.3) is 0 Å². The highest BCUT2D eigenvalue weighted by Crippen LogP contribution is 2.43. The molecule has 1 heterocycles. The van der Waals surface area contributed by atoms with Crippen LogP contribution in [0.1, 0.15) is 44.9 Å². The number of rotatable bonds is 7. The van der Waals surface area contributed by atoms with Crippen molar-refractivity contribution in [3.8, 4) is 0 Å². The third kappa shape index (κ3) is 3.80. The fourth-order valence-corrected chi connectivity index (χ4v) is 2.87. The van der Waals surface area contributed by atoms with Crippen molar-refractivity contribution in [1.82, 2.24) is 10.2 Å². The molecule has 2 fully saturated rings. The first kappa shape index (κ1) is 15.5. The van der Waals surface area contributed by atoms with Gasteiger partial charge in [-0.15, -0.1) is 0 Å². The predicted molar refractivity (Wildman–Crippen MR) is 72.1 cm³/mol. The predicted octanol–water partition coefficient (Wildman–Crippen LogP) is 0.287. The largest absolute Gasteiger partial charge is 0.481 e. The molecule has 2 aliphatic rings. The Morgan fingerprint density at radius 2 is 1.81 bits per heavy atom. The van der Waals surface area contributed by atoms with Crippen LogP contribution in [-0.2, 0) is 19.2 Å². The molecular weight excluding hydrogens is 276 g/mol. The Bertz CT molecular complexity index is 454. The Kier molecular flexibility index (Phi) is 4.59. The van der Waals surface area contributed by atoms with E-state index in [0.29, 0.717) is 6.54 Å². The molecule has 7 heteroatoms. The quantitative estimate of drug-likeness (QED) is 0.657.